The van der Waals surface area contributed by atoms with E-state index in [0.29, 0.717) is 19.1 Å². The van der Waals surface area contributed by atoms with Gasteiger partial charge in [0.15, 0.2) is 0 Å². The molecule has 2 aromatic rings. The third-order valence-corrected chi connectivity index (χ3v) is 4.61. The molecule has 1 aliphatic rings. The van der Waals surface area contributed by atoms with Crippen LogP contribution in [0.3, 0.4) is 0 Å². The topological polar surface area (TPSA) is 41.9 Å². The minimum Gasteiger partial charge on any atom is -0.508 e. The molecule has 0 radical (unpaired) electrons. The van der Waals surface area contributed by atoms with E-state index < -0.39 is 6.36 Å². The number of nitrogens with zero attached hydrogens (tertiary/aromatic N) is 1. The molecule has 146 valence electrons. The molecule has 1 aliphatic heterocycles. The first kappa shape index (κ1) is 19.4. The SMILES string of the molecule is Oc1ccc(N2CCC(COCc3ccc(OC(F)(F)F)cc3)CC2)cc1. The van der Waals surface area contributed by atoms with Gasteiger partial charge in [-0.05, 0) is 60.7 Å². The molecule has 0 spiro atoms. The number of ether oxygens (including phenoxy) is 2. The third kappa shape index (κ3) is 6.06. The maximum absolute atomic E-state index is 12.1. The zero-order valence-corrected chi connectivity index (χ0v) is 14.8. The minimum atomic E-state index is -4.67. The average Bonchev–Trinajstić information content (AvgIpc) is 2.63. The van der Waals surface area contributed by atoms with E-state index in [-0.39, 0.29) is 11.5 Å². The second kappa shape index (κ2) is 8.52. The number of aromatic hydroxyl groups is 1. The third-order valence-electron chi connectivity index (χ3n) is 4.61. The van der Waals surface area contributed by atoms with Gasteiger partial charge in [0.1, 0.15) is 11.5 Å². The predicted molar refractivity (Wildman–Crippen MR) is 95.8 cm³/mol. The number of alkyl halides is 3. The van der Waals surface area contributed by atoms with Crippen LogP contribution in [0, 0.1) is 5.92 Å². The summed E-state index contributed by atoms with van der Waals surface area (Å²) in [7, 11) is 0. The molecule has 4 nitrogen and oxygen atoms in total. The van der Waals surface area contributed by atoms with Gasteiger partial charge in [0.25, 0.3) is 0 Å². The lowest BCUT2D eigenvalue weighted by molar-refractivity contribution is -0.274. The first-order chi connectivity index (χ1) is 12.9. The van der Waals surface area contributed by atoms with Gasteiger partial charge in [-0.1, -0.05) is 12.1 Å². The number of phenols is 1. The number of halogens is 3. The van der Waals surface area contributed by atoms with E-state index in [1.807, 2.05) is 12.1 Å². The Morgan fingerprint density at radius 3 is 2.19 bits per heavy atom. The molecule has 0 unspecified atom stereocenters. The molecule has 27 heavy (non-hydrogen) atoms. The molecule has 2 aromatic carbocycles. The van der Waals surface area contributed by atoms with Crippen LogP contribution in [0.5, 0.6) is 11.5 Å². The standard InChI is InChI=1S/C20H22F3NO3/c21-20(22,23)27-19-7-1-15(2-8-19)13-26-14-16-9-11-24(12-10-16)17-3-5-18(25)6-4-17/h1-8,16,25H,9-14H2. The number of hydrogen-bond donors (Lipinski definition) is 1. The Kier molecular flexibility index (Phi) is 6.11. The van der Waals surface area contributed by atoms with Gasteiger partial charge in [0.2, 0.25) is 0 Å². The van der Waals surface area contributed by atoms with E-state index >= 15 is 0 Å². The molecular formula is C20H22F3NO3. The molecule has 0 aliphatic carbocycles. The van der Waals surface area contributed by atoms with Gasteiger partial charge in [-0.25, -0.2) is 0 Å². The molecule has 1 N–H and O–H groups in total. The average molecular weight is 381 g/mol. The molecule has 0 amide bonds. The highest BCUT2D eigenvalue weighted by Crippen LogP contribution is 2.26. The van der Waals surface area contributed by atoms with Gasteiger partial charge in [0.05, 0.1) is 6.61 Å². The van der Waals surface area contributed by atoms with Crippen molar-refractivity contribution >= 4 is 5.69 Å². The van der Waals surface area contributed by atoms with E-state index in [0.717, 1.165) is 37.2 Å². The Morgan fingerprint density at radius 1 is 0.963 bits per heavy atom. The quantitative estimate of drug-likeness (QED) is 0.786. The Labute approximate surface area is 156 Å². The molecule has 0 atom stereocenters. The lowest BCUT2D eigenvalue weighted by atomic mass is 9.97. The van der Waals surface area contributed by atoms with Crippen molar-refractivity contribution in [3.63, 3.8) is 0 Å². The van der Waals surface area contributed by atoms with Crippen LogP contribution in [-0.2, 0) is 11.3 Å². The van der Waals surface area contributed by atoms with Crippen molar-refractivity contribution in [3.8, 4) is 11.5 Å². The van der Waals surface area contributed by atoms with E-state index in [1.165, 1.54) is 12.1 Å². The van der Waals surface area contributed by atoms with Crippen LogP contribution in [0.25, 0.3) is 0 Å². The van der Waals surface area contributed by atoms with Crippen LogP contribution in [0.1, 0.15) is 18.4 Å². The first-order valence-corrected chi connectivity index (χ1v) is 8.85. The number of hydrogen-bond acceptors (Lipinski definition) is 4. The molecule has 3 rings (SSSR count). The van der Waals surface area contributed by atoms with Crippen LogP contribution in [-0.4, -0.2) is 31.2 Å². The zero-order chi connectivity index (χ0) is 19.3. The van der Waals surface area contributed by atoms with E-state index in [2.05, 4.69) is 9.64 Å². The monoisotopic (exact) mass is 381 g/mol. The number of phenolic OH excluding ortho intramolecular Hbond substituents is 1. The summed E-state index contributed by atoms with van der Waals surface area (Å²) in [5.41, 5.74) is 1.92. The van der Waals surface area contributed by atoms with Gasteiger partial charge < -0.3 is 19.5 Å². The highest BCUT2D eigenvalue weighted by Gasteiger charge is 2.30. The minimum absolute atomic E-state index is 0.229. The number of rotatable bonds is 6. The van der Waals surface area contributed by atoms with Gasteiger partial charge in [-0.15, -0.1) is 13.2 Å². The van der Waals surface area contributed by atoms with Crippen LogP contribution >= 0.6 is 0 Å². The molecule has 0 aromatic heterocycles. The van der Waals surface area contributed by atoms with Gasteiger partial charge >= 0.3 is 6.36 Å². The summed E-state index contributed by atoms with van der Waals surface area (Å²) in [5, 5.41) is 9.36. The maximum Gasteiger partial charge on any atom is 0.573 e. The molecule has 7 heteroatoms. The fourth-order valence-electron chi connectivity index (χ4n) is 3.15. The Morgan fingerprint density at radius 2 is 1.59 bits per heavy atom. The van der Waals surface area contributed by atoms with Crippen LogP contribution < -0.4 is 9.64 Å². The van der Waals surface area contributed by atoms with E-state index in [1.54, 1.807) is 24.3 Å². The van der Waals surface area contributed by atoms with Crippen molar-refractivity contribution < 1.29 is 27.8 Å². The number of anilines is 1. The Balaban J connectivity index is 1.38. The predicted octanol–water partition coefficient (Wildman–Crippen LogP) is 4.72. The van der Waals surface area contributed by atoms with Crippen LogP contribution in [0.2, 0.25) is 0 Å². The Bertz CT molecular complexity index is 709. The molecular weight excluding hydrogens is 359 g/mol. The lowest BCUT2D eigenvalue weighted by Gasteiger charge is -2.33. The summed E-state index contributed by atoms with van der Waals surface area (Å²) in [5.74, 6) is 0.499. The van der Waals surface area contributed by atoms with E-state index in [4.69, 9.17) is 4.74 Å². The molecule has 1 heterocycles. The molecule has 1 saturated heterocycles. The lowest BCUT2D eigenvalue weighted by Crippen LogP contribution is -2.35. The second-order valence-electron chi connectivity index (χ2n) is 6.65. The number of benzene rings is 2. The molecule has 0 bridgehead atoms. The summed E-state index contributed by atoms with van der Waals surface area (Å²) in [4.78, 5) is 2.29. The van der Waals surface area contributed by atoms with Crippen LogP contribution in [0.15, 0.2) is 48.5 Å². The van der Waals surface area contributed by atoms with Crippen LogP contribution in [0.4, 0.5) is 18.9 Å². The molecule has 1 fully saturated rings. The normalized spacial score (nSPS) is 15.7. The summed E-state index contributed by atoms with van der Waals surface area (Å²) in [6.07, 6.45) is -2.65. The van der Waals surface area contributed by atoms with Gasteiger partial charge in [-0.3, -0.25) is 0 Å². The molecule has 0 saturated carbocycles. The summed E-state index contributed by atoms with van der Waals surface area (Å²) in [6.45, 7) is 2.86. The van der Waals surface area contributed by atoms with Crippen molar-refractivity contribution in [2.75, 3.05) is 24.6 Å². The maximum atomic E-state index is 12.1. The highest BCUT2D eigenvalue weighted by atomic mass is 19.4. The summed E-state index contributed by atoms with van der Waals surface area (Å²) >= 11 is 0. The summed E-state index contributed by atoms with van der Waals surface area (Å²) < 4.78 is 46.0. The van der Waals surface area contributed by atoms with Crippen molar-refractivity contribution in [1.82, 2.24) is 0 Å². The van der Waals surface area contributed by atoms with Gasteiger partial charge in [-0.2, -0.15) is 0 Å². The van der Waals surface area contributed by atoms with E-state index in [9.17, 15) is 18.3 Å². The highest BCUT2D eigenvalue weighted by molar-refractivity contribution is 5.49. The summed E-state index contributed by atoms with van der Waals surface area (Å²) in [6, 6.07) is 13.0. The number of piperidine rings is 1. The fourth-order valence-corrected chi connectivity index (χ4v) is 3.15. The van der Waals surface area contributed by atoms with Crippen molar-refractivity contribution in [2.45, 2.75) is 25.8 Å². The van der Waals surface area contributed by atoms with Crippen molar-refractivity contribution in [2.24, 2.45) is 5.92 Å². The largest absolute Gasteiger partial charge is 0.573 e. The fraction of sp³-hybridized carbons (Fsp3) is 0.400. The zero-order valence-electron chi connectivity index (χ0n) is 14.8. The van der Waals surface area contributed by atoms with Gasteiger partial charge in [0, 0.05) is 25.4 Å². The van der Waals surface area contributed by atoms with Crippen molar-refractivity contribution in [3.05, 3.63) is 54.1 Å². The van der Waals surface area contributed by atoms with Crippen molar-refractivity contribution in [1.29, 1.82) is 0 Å². The first-order valence-electron chi connectivity index (χ1n) is 8.85. The smallest absolute Gasteiger partial charge is 0.508 e. The second-order valence-corrected chi connectivity index (χ2v) is 6.65. The Hall–Kier alpha value is -2.41.